The van der Waals surface area contributed by atoms with E-state index in [1.54, 1.807) is 18.2 Å². The molecule has 1 aliphatic heterocycles. The van der Waals surface area contributed by atoms with Gasteiger partial charge in [0.2, 0.25) is 0 Å². The molecule has 1 heterocycles. The van der Waals surface area contributed by atoms with E-state index >= 15 is 0 Å². The van der Waals surface area contributed by atoms with E-state index in [9.17, 15) is 10.2 Å². The Morgan fingerprint density at radius 1 is 1.00 bits per heavy atom. The summed E-state index contributed by atoms with van der Waals surface area (Å²) in [7, 11) is 0. The van der Waals surface area contributed by atoms with Crippen molar-refractivity contribution in [1.29, 1.82) is 0 Å². The van der Waals surface area contributed by atoms with Gasteiger partial charge < -0.3 is 14.9 Å². The Labute approximate surface area is 118 Å². The average molecular weight is 270 g/mol. The van der Waals surface area contributed by atoms with Crippen LogP contribution < -0.4 is 0 Å². The van der Waals surface area contributed by atoms with Crippen LogP contribution in [0.1, 0.15) is 36.6 Å². The summed E-state index contributed by atoms with van der Waals surface area (Å²) in [5, 5.41) is 19.3. The molecule has 1 fully saturated rings. The molecule has 0 amide bonds. The van der Waals surface area contributed by atoms with Gasteiger partial charge >= 0.3 is 0 Å². The van der Waals surface area contributed by atoms with Crippen LogP contribution >= 0.6 is 0 Å². The maximum absolute atomic E-state index is 9.91. The Morgan fingerprint density at radius 2 is 1.60 bits per heavy atom. The lowest BCUT2D eigenvalue weighted by molar-refractivity contribution is 0.400. The van der Waals surface area contributed by atoms with Crippen LogP contribution in [0, 0.1) is 0 Å². The molecule has 0 spiro atoms. The molecule has 0 saturated carbocycles. The topological polar surface area (TPSA) is 53.0 Å². The number of hydrogen-bond acceptors (Lipinski definition) is 3. The Kier molecular flexibility index (Phi) is 2.94. The standard InChI is InChI=1S/C17H18O3/c1-17(2,11-3-6-13(18)7-4-11)12-5-8-15(19)14(9-12)16-10-20-16/h3-9,16,18-19H,10H2,1-2H3. The van der Waals surface area contributed by atoms with Crippen molar-refractivity contribution >= 4 is 0 Å². The predicted molar refractivity (Wildman–Crippen MR) is 77.0 cm³/mol. The molecular formula is C17H18O3. The molecule has 0 radical (unpaired) electrons. The zero-order valence-electron chi connectivity index (χ0n) is 11.6. The van der Waals surface area contributed by atoms with Crippen molar-refractivity contribution in [2.24, 2.45) is 0 Å². The molecule has 3 heteroatoms. The minimum atomic E-state index is -0.203. The van der Waals surface area contributed by atoms with E-state index < -0.39 is 0 Å². The van der Waals surface area contributed by atoms with Gasteiger partial charge in [-0.2, -0.15) is 0 Å². The smallest absolute Gasteiger partial charge is 0.121 e. The molecule has 104 valence electrons. The lowest BCUT2D eigenvalue weighted by atomic mass is 9.77. The van der Waals surface area contributed by atoms with E-state index in [4.69, 9.17) is 4.74 Å². The summed E-state index contributed by atoms with van der Waals surface area (Å²) in [4.78, 5) is 0. The van der Waals surface area contributed by atoms with Gasteiger partial charge in [-0.25, -0.2) is 0 Å². The van der Waals surface area contributed by atoms with Gasteiger partial charge in [0.05, 0.1) is 6.61 Å². The summed E-state index contributed by atoms with van der Waals surface area (Å²) < 4.78 is 5.27. The molecule has 0 aliphatic carbocycles. The molecule has 2 aromatic rings. The maximum atomic E-state index is 9.91. The molecule has 2 aromatic carbocycles. The Hall–Kier alpha value is -2.00. The summed E-state index contributed by atoms with van der Waals surface area (Å²) in [6.07, 6.45) is 0.0329. The number of aromatic hydroxyl groups is 2. The van der Waals surface area contributed by atoms with Gasteiger partial charge in [0.15, 0.2) is 0 Å². The van der Waals surface area contributed by atoms with Crippen molar-refractivity contribution in [2.75, 3.05) is 6.61 Å². The van der Waals surface area contributed by atoms with Crippen molar-refractivity contribution in [3.8, 4) is 11.5 Å². The lowest BCUT2D eigenvalue weighted by Gasteiger charge is -2.27. The second kappa shape index (κ2) is 4.53. The van der Waals surface area contributed by atoms with Crippen molar-refractivity contribution in [3.63, 3.8) is 0 Å². The molecule has 0 bridgehead atoms. The fourth-order valence-corrected chi connectivity index (χ4v) is 2.47. The first-order valence-corrected chi connectivity index (χ1v) is 6.73. The third-order valence-corrected chi connectivity index (χ3v) is 4.02. The highest BCUT2D eigenvalue weighted by molar-refractivity contribution is 5.46. The summed E-state index contributed by atoms with van der Waals surface area (Å²) in [6.45, 7) is 4.93. The molecule has 1 saturated heterocycles. The number of rotatable bonds is 3. The Balaban J connectivity index is 2.02. The van der Waals surface area contributed by atoms with Crippen molar-refractivity contribution in [3.05, 3.63) is 59.2 Å². The third kappa shape index (κ3) is 2.25. The Bertz CT molecular complexity index is 625. The minimum absolute atomic E-state index is 0.0329. The molecule has 20 heavy (non-hydrogen) atoms. The molecule has 3 rings (SSSR count). The Morgan fingerprint density at radius 3 is 2.20 bits per heavy atom. The van der Waals surface area contributed by atoms with Gasteiger partial charge in [-0.3, -0.25) is 0 Å². The van der Waals surface area contributed by atoms with E-state index in [0.717, 1.165) is 16.7 Å². The molecular weight excluding hydrogens is 252 g/mol. The van der Waals surface area contributed by atoms with Crippen LogP contribution in [-0.4, -0.2) is 16.8 Å². The first-order valence-electron chi connectivity index (χ1n) is 6.73. The third-order valence-electron chi connectivity index (χ3n) is 4.02. The number of ether oxygens (including phenoxy) is 1. The van der Waals surface area contributed by atoms with Crippen molar-refractivity contribution in [2.45, 2.75) is 25.4 Å². The highest BCUT2D eigenvalue weighted by Crippen LogP contribution is 2.40. The van der Waals surface area contributed by atoms with Crippen molar-refractivity contribution < 1.29 is 14.9 Å². The van der Waals surface area contributed by atoms with E-state index in [-0.39, 0.29) is 23.0 Å². The molecule has 1 atom stereocenters. The molecule has 0 aromatic heterocycles. The minimum Gasteiger partial charge on any atom is -0.508 e. The van der Waals surface area contributed by atoms with Crippen LogP contribution in [0.4, 0.5) is 0 Å². The first kappa shape index (κ1) is 13.0. The highest BCUT2D eigenvalue weighted by atomic mass is 16.6. The fourth-order valence-electron chi connectivity index (χ4n) is 2.47. The van der Waals surface area contributed by atoms with E-state index in [1.807, 2.05) is 24.3 Å². The summed E-state index contributed by atoms with van der Waals surface area (Å²) in [6, 6.07) is 12.9. The summed E-state index contributed by atoms with van der Waals surface area (Å²) in [5.74, 6) is 0.556. The van der Waals surface area contributed by atoms with E-state index in [2.05, 4.69) is 13.8 Å². The number of phenols is 2. The molecule has 2 N–H and O–H groups in total. The average Bonchev–Trinajstić information content (AvgIpc) is 3.24. The van der Waals surface area contributed by atoms with Crippen LogP contribution in [0.15, 0.2) is 42.5 Å². The van der Waals surface area contributed by atoms with E-state index in [1.165, 1.54) is 0 Å². The number of phenolic OH excluding ortho intramolecular Hbond substituents is 2. The number of benzene rings is 2. The summed E-state index contributed by atoms with van der Waals surface area (Å²) >= 11 is 0. The maximum Gasteiger partial charge on any atom is 0.121 e. The zero-order valence-corrected chi connectivity index (χ0v) is 11.6. The SMILES string of the molecule is CC(C)(c1ccc(O)cc1)c1ccc(O)c(C2CO2)c1. The van der Waals surface area contributed by atoms with Gasteiger partial charge in [0, 0.05) is 11.0 Å². The quantitative estimate of drug-likeness (QED) is 0.839. The largest absolute Gasteiger partial charge is 0.508 e. The molecule has 1 aliphatic rings. The number of epoxide rings is 1. The summed E-state index contributed by atoms with van der Waals surface area (Å²) in [5.41, 5.74) is 2.88. The lowest BCUT2D eigenvalue weighted by Crippen LogP contribution is -2.19. The van der Waals surface area contributed by atoms with Crippen LogP contribution in [0.2, 0.25) is 0 Å². The second-order valence-electron chi connectivity index (χ2n) is 5.77. The molecule has 1 unspecified atom stereocenters. The molecule has 3 nitrogen and oxygen atoms in total. The van der Waals surface area contributed by atoms with Gasteiger partial charge in [0.25, 0.3) is 0 Å². The van der Waals surface area contributed by atoms with Crippen LogP contribution in [-0.2, 0) is 10.2 Å². The van der Waals surface area contributed by atoms with Crippen LogP contribution in [0.3, 0.4) is 0 Å². The van der Waals surface area contributed by atoms with Gasteiger partial charge in [-0.05, 0) is 35.4 Å². The predicted octanol–water partition coefficient (Wildman–Crippen LogP) is 3.50. The first-order chi connectivity index (χ1) is 9.48. The zero-order chi connectivity index (χ0) is 14.3. The van der Waals surface area contributed by atoms with Gasteiger partial charge in [-0.1, -0.05) is 32.0 Å². The van der Waals surface area contributed by atoms with E-state index in [0.29, 0.717) is 6.61 Å². The van der Waals surface area contributed by atoms with Crippen LogP contribution in [0.25, 0.3) is 0 Å². The highest BCUT2D eigenvalue weighted by Gasteiger charge is 2.30. The monoisotopic (exact) mass is 270 g/mol. The van der Waals surface area contributed by atoms with Gasteiger partial charge in [-0.15, -0.1) is 0 Å². The normalized spacial score (nSPS) is 18.0. The fraction of sp³-hybridized carbons (Fsp3) is 0.294. The van der Waals surface area contributed by atoms with Gasteiger partial charge in [0.1, 0.15) is 17.6 Å². The second-order valence-corrected chi connectivity index (χ2v) is 5.77. The van der Waals surface area contributed by atoms with Crippen molar-refractivity contribution in [1.82, 2.24) is 0 Å². The van der Waals surface area contributed by atoms with Crippen LogP contribution in [0.5, 0.6) is 11.5 Å². The number of hydrogen-bond donors (Lipinski definition) is 2.